The predicted octanol–water partition coefficient (Wildman–Crippen LogP) is 5.94. The zero-order valence-corrected chi connectivity index (χ0v) is 13.2. The van der Waals surface area contributed by atoms with Gasteiger partial charge in [-0.05, 0) is 52.3 Å². The molecule has 0 aliphatic carbocycles. The second kappa shape index (κ2) is 5.43. The molecule has 0 spiro atoms. The molecule has 1 heterocycles. The van der Waals surface area contributed by atoms with Crippen LogP contribution in [0.15, 0.2) is 77.3 Å². The quantitative estimate of drug-likeness (QED) is 0.417. The highest BCUT2D eigenvalue weighted by Crippen LogP contribution is 2.38. The van der Waals surface area contributed by atoms with E-state index in [0.717, 1.165) is 37.8 Å². The van der Waals surface area contributed by atoms with E-state index in [0.29, 0.717) is 0 Å². The summed E-state index contributed by atoms with van der Waals surface area (Å²) in [4.78, 5) is 4.71. The number of hydrogen-bond acceptors (Lipinski definition) is 2. The minimum Gasteiger partial charge on any atom is -0.455 e. The lowest BCUT2D eigenvalue weighted by Gasteiger charge is -2.13. The highest BCUT2D eigenvalue weighted by molar-refractivity contribution is 9.10. The van der Waals surface area contributed by atoms with Gasteiger partial charge in [0.25, 0.3) is 0 Å². The Morgan fingerprint density at radius 1 is 0.682 bits per heavy atom. The van der Waals surface area contributed by atoms with E-state index < -0.39 is 0 Å². The van der Waals surface area contributed by atoms with E-state index in [1.54, 1.807) is 0 Å². The molecule has 0 radical (unpaired) electrons. The van der Waals surface area contributed by atoms with Crippen LogP contribution in [0.5, 0.6) is 11.5 Å². The van der Waals surface area contributed by atoms with Gasteiger partial charge < -0.3 is 4.74 Å². The largest absolute Gasteiger partial charge is 0.455 e. The van der Waals surface area contributed by atoms with Crippen LogP contribution in [0.2, 0.25) is 0 Å². The van der Waals surface area contributed by atoms with Crippen molar-refractivity contribution in [1.82, 2.24) is 4.98 Å². The number of pyridine rings is 1. The SMILES string of the molecule is Brc1ccccc1Oc1c2ccccc2nc2ccccc12. The third-order valence-electron chi connectivity index (χ3n) is 3.59. The first-order valence-corrected chi connectivity index (χ1v) is 7.82. The minimum atomic E-state index is 0.795. The topological polar surface area (TPSA) is 22.1 Å². The molecule has 4 rings (SSSR count). The Hall–Kier alpha value is -2.39. The Bertz CT molecular complexity index is 927. The van der Waals surface area contributed by atoms with Gasteiger partial charge in [-0.2, -0.15) is 0 Å². The third kappa shape index (κ3) is 2.24. The molecule has 1 aromatic heterocycles. The van der Waals surface area contributed by atoms with Crippen LogP contribution in [0.4, 0.5) is 0 Å². The molecule has 0 bridgehead atoms. The van der Waals surface area contributed by atoms with Gasteiger partial charge in [0, 0.05) is 10.8 Å². The zero-order valence-electron chi connectivity index (χ0n) is 11.7. The summed E-state index contributed by atoms with van der Waals surface area (Å²) in [6.45, 7) is 0. The fourth-order valence-corrected chi connectivity index (χ4v) is 2.91. The molecule has 106 valence electrons. The van der Waals surface area contributed by atoms with Crippen molar-refractivity contribution < 1.29 is 4.74 Å². The van der Waals surface area contributed by atoms with Crippen molar-refractivity contribution in [2.75, 3.05) is 0 Å². The van der Waals surface area contributed by atoms with Crippen LogP contribution in [-0.2, 0) is 0 Å². The van der Waals surface area contributed by atoms with Gasteiger partial charge in [-0.25, -0.2) is 4.98 Å². The van der Waals surface area contributed by atoms with Crippen LogP contribution < -0.4 is 4.74 Å². The van der Waals surface area contributed by atoms with E-state index >= 15 is 0 Å². The lowest BCUT2D eigenvalue weighted by Crippen LogP contribution is -1.91. The van der Waals surface area contributed by atoms with Gasteiger partial charge in [-0.3, -0.25) is 0 Å². The Balaban J connectivity index is 2.02. The third-order valence-corrected chi connectivity index (χ3v) is 4.24. The summed E-state index contributed by atoms with van der Waals surface area (Å²) in [7, 11) is 0. The monoisotopic (exact) mass is 349 g/mol. The van der Waals surface area contributed by atoms with Crippen molar-refractivity contribution in [3.8, 4) is 11.5 Å². The normalized spacial score (nSPS) is 11.0. The van der Waals surface area contributed by atoms with Gasteiger partial charge in [0.05, 0.1) is 15.5 Å². The van der Waals surface area contributed by atoms with Crippen molar-refractivity contribution in [3.05, 3.63) is 77.3 Å². The maximum absolute atomic E-state index is 6.25. The summed E-state index contributed by atoms with van der Waals surface area (Å²) in [6, 6.07) is 24.0. The number of benzene rings is 3. The number of ether oxygens (including phenoxy) is 1. The van der Waals surface area contributed by atoms with E-state index in [1.807, 2.05) is 72.8 Å². The second-order valence-electron chi connectivity index (χ2n) is 5.01. The van der Waals surface area contributed by atoms with Crippen LogP contribution in [0.3, 0.4) is 0 Å². The van der Waals surface area contributed by atoms with Crippen LogP contribution in [0, 0.1) is 0 Å². The highest BCUT2D eigenvalue weighted by Gasteiger charge is 2.11. The molecule has 0 aliphatic rings. The Kier molecular flexibility index (Phi) is 3.28. The molecule has 0 saturated heterocycles. The molecular weight excluding hydrogens is 338 g/mol. The molecule has 0 unspecified atom stereocenters. The van der Waals surface area contributed by atoms with Crippen molar-refractivity contribution >= 4 is 37.7 Å². The van der Waals surface area contributed by atoms with Gasteiger partial charge >= 0.3 is 0 Å². The first-order chi connectivity index (χ1) is 10.8. The summed E-state index contributed by atoms with van der Waals surface area (Å²) in [5.74, 6) is 1.64. The zero-order chi connectivity index (χ0) is 14.9. The number of hydrogen-bond donors (Lipinski definition) is 0. The number of rotatable bonds is 2. The fraction of sp³-hybridized carbons (Fsp3) is 0. The summed E-state index contributed by atoms with van der Waals surface area (Å²) in [6.07, 6.45) is 0. The summed E-state index contributed by atoms with van der Waals surface area (Å²) < 4.78 is 7.18. The van der Waals surface area contributed by atoms with Crippen LogP contribution in [0.1, 0.15) is 0 Å². The Labute approximate surface area is 136 Å². The number of nitrogens with zero attached hydrogens (tertiary/aromatic N) is 1. The van der Waals surface area contributed by atoms with Crippen molar-refractivity contribution in [3.63, 3.8) is 0 Å². The Morgan fingerprint density at radius 2 is 1.23 bits per heavy atom. The molecule has 0 N–H and O–H groups in total. The molecule has 0 atom stereocenters. The van der Waals surface area contributed by atoms with Crippen LogP contribution >= 0.6 is 15.9 Å². The van der Waals surface area contributed by atoms with E-state index in [4.69, 9.17) is 9.72 Å². The average molecular weight is 350 g/mol. The lowest BCUT2D eigenvalue weighted by atomic mass is 10.1. The molecular formula is C19H12BrNO. The molecule has 0 saturated carbocycles. The van der Waals surface area contributed by atoms with Gasteiger partial charge in [0.15, 0.2) is 0 Å². The van der Waals surface area contributed by atoms with E-state index in [2.05, 4.69) is 15.9 Å². The maximum Gasteiger partial charge on any atom is 0.146 e. The van der Waals surface area contributed by atoms with Crippen molar-refractivity contribution in [2.45, 2.75) is 0 Å². The first kappa shape index (κ1) is 13.3. The maximum atomic E-state index is 6.25. The van der Waals surface area contributed by atoms with Crippen molar-refractivity contribution in [1.29, 1.82) is 0 Å². The van der Waals surface area contributed by atoms with Gasteiger partial charge in [0.1, 0.15) is 11.5 Å². The molecule has 0 fully saturated rings. The number of fused-ring (bicyclic) bond motifs is 2. The van der Waals surface area contributed by atoms with Crippen molar-refractivity contribution in [2.24, 2.45) is 0 Å². The van der Waals surface area contributed by atoms with Crippen LogP contribution in [-0.4, -0.2) is 4.98 Å². The predicted molar refractivity (Wildman–Crippen MR) is 93.5 cm³/mol. The average Bonchev–Trinajstić information content (AvgIpc) is 2.56. The van der Waals surface area contributed by atoms with E-state index in [-0.39, 0.29) is 0 Å². The molecule has 3 aromatic carbocycles. The second-order valence-corrected chi connectivity index (χ2v) is 5.86. The fourth-order valence-electron chi connectivity index (χ4n) is 2.55. The highest BCUT2D eigenvalue weighted by atomic mass is 79.9. The van der Waals surface area contributed by atoms with Gasteiger partial charge in [0.2, 0.25) is 0 Å². The van der Waals surface area contributed by atoms with Gasteiger partial charge in [-0.15, -0.1) is 0 Å². The molecule has 2 nitrogen and oxygen atoms in total. The lowest BCUT2D eigenvalue weighted by molar-refractivity contribution is 0.490. The molecule has 4 aromatic rings. The standard InChI is InChI=1S/C19H12BrNO/c20-15-9-3-6-12-18(15)22-19-13-7-1-4-10-16(13)21-17-11-5-2-8-14(17)19/h1-12H. The molecule has 22 heavy (non-hydrogen) atoms. The minimum absolute atomic E-state index is 0.795. The summed E-state index contributed by atoms with van der Waals surface area (Å²) >= 11 is 3.54. The first-order valence-electron chi connectivity index (χ1n) is 7.03. The van der Waals surface area contributed by atoms with E-state index in [1.165, 1.54) is 0 Å². The summed E-state index contributed by atoms with van der Waals surface area (Å²) in [5.41, 5.74) is 1.87. The number of aromatic nitrogens is 1. The molecule has 3 heteroatoms. The molecule has 0 amide bonds. The van der Waals surface area contributed by atoms with Gasteiger partial charge in [-0.1, -0.05) is 36.4 Å². The Morgan fingerprint density at radius 3 is 1.86 bits per heavy atom. The number of para-hydroxylation sites is 3. The summed E-state index contributed by atoms with van der Waals surface area (Å²) in [5, 5.41) is 2.02. The van der Waals surface area contributed by atoms with Crippen LogP contribution in [0.25, 0.3) is 21.8 Å². The number of halogens is 1. The van der Waals surface area contributed by atoms with E-state index in [9.17, 15) is 0 Å². The smallest absolute Gasteiger partial charge is 0.146 e. The molecule has 0 aliphatic heterocycles.